The van der Waals surface area contributed by atoms with E-state index in [1.54, 1.807) is 0 Å². The van der Waals surface area contributed by atoms with Crippen molar-refractivity contribution in [1.82, 2.24) is 0 Å². The van der Waals surface area contributed by atoms with Crippen LogP contribution < -0.4 is 0 Å². The molecule has 1 nitrogen and oxygen atoms in total. The summed E-state index contributed by atoms with van der Waals surface area (Å²) in [5.41, 5.74) is 0. The molecule has 0 aliphatic heterocycles. The Morgan fingerprint density at radius 1 is 0.944 bits per heavy atom. The van der Waals surface area contributed by atoms with Crippen LogP contribution in [0.1, 0.15) is 41.5 Å². The Balaban J connectivity index is 5.54. The molecule has 0 bridgehead atoms. The molecule has 18 heavy (non-hydrogen) atoms. The SMILES string of the molecule is CC(C)S(C#CC(=O)C(F)(F)F)(C(C)C)C(C)C. The lowest BCUT2D eigenvalue weighted by atomic mass is 10.4. The summed E-state index contributed by atoms with van der Waals surface area (Å²) in [6.07, 6.45) is -4.86. The van der Waals surface area contributed by atoms with Crippen LogP contribution >= 0.6 is 10.0 Å². The first-order valence-corrected chi connectivity index (χ1v) is 7.72. The van der Waals surface area contributed by atoms with Gasteiger partial charge in [0.2, 0.25) is 0 Å². The van der Waals surface area contributed by atoms with Gasteiger partial charge in [-0.2, -0.15) is 23.2 Å². The first-order chi connectivity index (χ1) is 7.96. The Bertz CT molecular complexity index is 337. The van der Waals surface area contributed by atoms with Gasteiger partial charge in [-0.1, -0.05) is 41.5 Å². The highest BCUT2D eigenvalue weighted by Crippen LogP contribution is 2.59. The first kappa shape index (κ1) is 17.4. The third-order valence-electron chi connectivity index (χ3n) is 2.94. The lowest BCUT2D eigenvalue weighted by Crippen LogP contribution is -2.28. The quantitative estimate of drug-likeness (QED) is 0.712. The van der Waals surface area contributed by atoms with Crippen molar-refractivity contribution in [3.8, 4) is 11.2 Å². The molecule has 0 unspecified atom stereocenters. The number of Topliss-reactive ketones (excluding diaryl/α,β-unsaturated/α-hetero) is 1. The number of carbonyl (C=O) groups excluding carboxylic acids is 1. The fourth-order valence-corrected chi connectivity index (χ4v) is 6.43. The molecule has 0 aliphatic carbocycles. The van der Waals surface area contributed by atoms with Gasteiger partial charge in [0.05, 0.1) is 0 Å². The molecule has 0 aromatic carbocycles. The molecule has 0 saturated carbocycles. The van der Waals surface area contributed by atoms with E-state index in [2.05, 4.69) is 5.25 Å². The second kappa shape index (κ2) is 6.01. The van der Waals surface area contributed by atoms with Crippen LogP contribution in [0.5, 0.6) is 0 Å². The highest BCUT2D eigenvalue weighted by Gasteiger charge is 2.38. The van der Waals surface area contributed by atoms with Crippen molar-refractivity contribution in [2.45, 2.75) is 63.5 Å². The van der Waals surface area contributed by atoms with Gasteiger partial charge in [-0.25, -0.2) is 0 Å². The molecule has 0 atom stereocenters. The van der Waals surface area contributed by atoms with Crippen molar-refractivity contribution >= 4 is 15.8 Å². The second-order valence-electron chi connectivity index (χ2n) is 4.96. The number of alkyl halides is 3. The molecule has 106 valence electrons. The Morgan fingerprint density at radius 3 is 1.50 bits per heavy atom. The lowest BCUT2D eigenvalue weighted by Gasteiger charge is -2.46. The molecule has 0 amide bonds. The van der Waals surface area contributed by atoms with Crippen molar-refractivity contribution in [2.75, 3.05) is 0 Å². The topological polar surface area (TPSA) is 17.1 Å². The zero-order chi connectivity index (χ0) is 14.7. The number of halogens is 3. The molecule has 0 saturated heterocycles. The Kier molecular flexibility index (Phi) is 5.80. The summed E-state index contributed by atoms with van der Waals surface area (Å²) in [6.45, 7) is 11.8. The van der Waals surface area contributed by atoms with E-state index < -0.39 is 22.0 Å². The third-order valence-corrected chi connectivity index (χ3v) is 8.07. The van der Waals surface area contributed by atoms with Gasteiger partial charge in [0.25, 0.3) is 0 Å². The molecule has 5 heteroatoms. The van der Waals surface area contributed by atoms with Crippen LogP contribution in [0.25, 0.3) is 0 Å². The summed E-state index contributed by atoms with van der Waals surface area (Å²) in [4.78, 5) is 10.9. The Labute approximate surface area is 109 Å². The van der Waals surface area contributed by atoms with E-state index in [-0.39, 0.29) is 15.7 Å². The molecule has 0 aliphatic rings. The highest BCUT2D eigenvalue weighted by atomic mass is 32.3. The van der Waals surface area contributed by atoms with Crippen LogP contribution in [-0.4, -0.2) is 27.7 Å². The van der Waals surface area contributed by atoms with E-state index >= 15 is 0 Å². The van der Waals surface area contributed by atoms with Gasteiger partial charge < -0.3 is 0 Å². The number of hydrogen-bond donors (Lipinski definition) is 0. The predicted octanol–water partition coefficient (Wildman–Crippen LogP) is 4.11. The summed E-state index contributed by atoms with van der Waals surface area (Å²) >= 11 is 0. The maximum absolute atomic E-state index is 12.2. The van der Waals surface area contributed by atoms with Gasteiger partial charge in [-0.05, 0) is 26.9 Å². The maximum atomic E-state index is 12.2. The monoisotopic (exact) mass is 282 g/mol. The zero-order valence-electron chi connectivity index (χ0n) is 11.7. The average Bonchev–Trinajstić information content (AvgIpc) is 2.14. The molecule has 0 aromatic heterocycles. The molecule has 0 heterocycles. The van der Waals surface area contributed by atoms with E-state index in [0.717, 1.165) is 0 Å². The molecule has 0 aromatic rings. The van der Waals surface area contributed by atoms with Crippen molar-refractivity contribution in [2.24, 2.45) is 0 Å². The number of hydrogen-bond acceptors (Lipinski definition) is 1. The molecule has 0 spiro atoms. The number of rotatable bonds is 3. The van der Waals surface area contributed by atoms with Crippen LogP contribution in [0.2, 0.25) is 0 Å². The summed E-state index contributed by atoms with van der Waals surface area (Å²) in [7, 11) is -1.58. The molecule has 0 rings (SSSR count). The first-order valence-electron chi connectivity index (χ1n) is 5.90. The van der Waals surface area contributed by atoms with Crippen molar-refractivity contribution in [1.29, 1.82) is 0 Å². The maximum Gasteiger partial charge on any atom is 0.463 e. The van der Waals surface area contributed by atoms with Gasteiger partial charge >= 0.3 is 12.0 Å². The minimum Gasteiger partial charge on any atom is -0.274 e. The van der Waals surface area contributed by atoms with Crippen LogP contribution in [0.15, 0.2) is 0 Å². The van der Waals surface area contributed by atoms with Gasteiger partial charge in [0.15, 0.2) is 0 Å². The van der Waals surface area contributed by atoms with Crippen LogP contribution in [0.4, 0.5) is 13.2 Å². The normalized spacial score (nSPS) is 13.8. The van der Waals surface area contributed by atoms with E-state index in [1.807, 2.05) is 47.5 Å². The molecular weight excluding hydrogens is 261 g/mol. The van der Waals surface area contributed by atoms with Crippen LogP contribution in [0.3, 0.4) is 0 Å². The standard InChI is InChI=1S/C13H21F3OS/c1-9(2)18(10(3)4,11(5)6)8-7-12(17)13(14,15)16/h9-11H,1-6H3. The van der Waals surface area contributed by atoms with Gasteiger partial charge in [-0.15, -0.1) is 0 Å². The van der Waals surface area contributed by atoms with Crippen molar-refractivity contribution in [3.05, 3.63) is 0 Å². The Morgan fingerprint density at radius 2 is 1.28 bits per heavy atom. The van der Waals surface area contributed by atoms with Gasteiger partial charge in [0.1, 0.15) is 0 Å². The second-order valence-corrected chi connectivity index (χ2v) is 9.52. The van der Waals surface area contributed by atoms with Crippen molar-refractivity contribution < 1.29 is 18.0 Å². The molecule has 0 N–H and O–H groups in total. The van der Waals surface area contributed by atoms with Crippen molar-refractivity contribution in [3.63, 3.8) is 0 Å². The van der Waals surface area contributed by atoms with E-state index in [4.69, 9.17) is 0 Å². The molecule has 0 fully saturated rings. The fraction of sp³-hybridized carbons (Fsp3) is 0.769. The summed E-state index contributed by atoms with van der Waals surface area (Å²) in [6, 6.07) is 0. The Hall–Kier alpha value is -0.630. The highest BCUT2D eigenvalue weighted by molar-refractivity contribution is 8.38. The van der Waals surface area contributed by atoms with Gasteiger partial charge in [-0.3, -0.25) is 4.79 Å². The summed E-state index contributed by atoms with van der Waals surface area (Å²) in [5.74, 6) is -0.113. The summed E-state index contributed by atoms with van der Waals surface area (Å²) < 4.78 is 36.6. The number of ketones is 1. The van der Waals surface area contributed by atoms with E-state index in [1.165, 1.54) is 0 Å². The minimum absolute atomic E-state index is 0.158. The average molecular weight is 282 g/mol. The molecular formula is C13H21F3OS. The zero-order valence-corrected chi connectivity index (χ0v) is 12.5. The van der Waals surface area contributed by atoms with Gasteiger partial charge in [0, 0.05) is 0 Å². The van der Waals surface area contributed by atoms with E-state index in [9.17, 15) is 18.0 Å². The largest absolute Gasteiger partial charge is 0.463 e. The molecule has 0 radical (unpaired) electrons. The summed E-state index contributed by atoms with van der Waals surface area (Å²) in [5, 5.41) is 3.18. The van der Waals surface area contributed by atoms with E-state index in [0.29, 0.717) is 0 Å². The third kappa shape index (κ3) is 3.68. The minimum atomic E-state index is -4.86. The lowest BCUT2D eigenvalue weighted by molar-refractivity contribution is -0.164. The number of carbonyl (C=O) groups is 1. The smallest absolute Gasteiger partial charge is 0.274 e. The van der Waals surface area contributed by atoms with Crippen LogP contribution in [0, 0.1) is 11.2 Å². The predicted molar refractivity (Wildman–Crippen MR) is 71.8 cm³/mol. The fourth-order valence-electron chi connectivity index (χ4n) is 2.19. The van der Waals surface area contributed by atoms with Crippen LogP contribution in [-0.2, 0) is 4.79 Å².